The Morgan fingerprint density at radius 1 is 1.04 bits per heavy atom. The number of hydrogen-bond acceptors (Lipinski definition) is 7. The Hall–Kier alpha value is -1.24. The van der Waals surface area contributed by atoms with E-state index in [2.05, 4.69) is 4.18 Å². The zero-order valence-corrected chi connectivity index (χ0v) is 16.5. The third-order valence-electron chi connectivity index (χ3n) is 4.50. The predicted molar refractivity (Wildman–Crippen MR) is 91.3 cm³/mol. The normalized spacial score (nSPS) is 19.6. The lowest BCUT2D eigenvalue weighted by atomic mass is 9.75. The Labute approximate surface area is 152 Å². The minimum absolute atomic E-state index is 0.138. The second-order valence-corrected chi connectivity index (χ2v) is 9.38. The van der Waals surface area contributed by atoms with E-state index in [4.69, 9.17) is 9.31 Å². The second kappa shape index (κ2) is 6.43. The van der Waals surface area contributed by atoms with E-state index in [1.807, 2.05) is 0 Å². The van der Waals surface area contributed by atoms with Crippen LogP contribution in [0.5, 0.6) is 5.75 Å². The number of halogens is 2. The van der Waals surface area contributed by atoms with Gasteiger partial charge in [0.2, 0.25) is 0 Å². The highest BCUT2D eigenvalue weighted by atomic mass is 32.3. The van der Waals surface area contributed by atoms with Crippen LogP contribution < -0.4 is 9.65 Å². The molecular weight excluding hydrogens is 393 g/mol. The molecule has 1 aromatic rings. The maximum Gasteiger partial charge on any atom is 0.495 e. The Balaban J connectivity index is 2.57. The van der Waals surface area contributed by atoms with Crippen LogP contribution in [0, 0.1) is 6.92 Å². The molecule has 0 bridgehead atoms. The molecule has 0 unspecified atom stereocenters. The molecular formula is C14H19BF2O7S2. The third kappa shape index (κ3) is 4.73. The van der Waals surface area contributed by atoms with Gasteiger partial charge in [0.15, 0.2) is 0 Å². The van der Waals surface area contributed by atoms with Crippen molar-refractivity contribution in [2.75, 3.05) is 0 Å². The first kappa shape index (κ1) is 21.1. The molecule has 7 nitrogen and oxygen atoms in total. The van der Waals surface area contributed by atoms with Crippen LogP contribution in [-0.2, 0) is 35.8 Å². The zero-order valence-electron chi connectivity index (χ0n) is 14.9. The van der Waals surface area contributed by atoms with Gasteiger partial charge >= 0.3 is 27.8 Å². The molecule has 0 radical (unpaired) electrons. The lowest BCUT2D eigenvalue weighted by molar-refractivity contribution is 0.00578. The summed E-state index contributed by atoms with van der Waals surface area (Å²) in [5, 5.41) is 0. The third-order valence-corrected chi connectivity index (χ3v) is 5.55. The molecule has 26 heavy (non-hydrogen) atoms. The first-order chi connectivity index (χ1) is 11.5. The average molecular weight is 412 g/mol. The van der Waals surface area contributed by atoms with Gasteiger partial charge < -0.3 is 13.5 Å². The van der Waals surface area contributed by atoms with Gasteiger partial charge in [0, 0.05) is 0 Å². The highest BCUT2D eigenvalue weighted by Crippen LogP contribution is 2.37. The summed E-state index contributed by atoms with van der Waals surface area (Å²) in [5.41, 5.74) is -1.24. The fraction of sp³-hybridized carbons (Fsp3) is 0.571. The molecule has 1 aromatic carbocycles. The quantitative estimate of drug-likeness (QED) is 0.537. The van der Waals surface area contributed by atoms with Crippen molar-refractivity contribution in [1.82, 2.24) is 0 Å². The van der Waals surface area contributed by atoms with Crippen LogP contribution in [0.4, 0.5) is 7.77 Å². The smallest absolute Gasteiger partial charge is 0.399 e. The van der Waals surface area contributed by atoms with Gasteiger partial charge in [-0.1, -0.05) is 9.95 Å². The molecule has 146 valence electrons. The van der Waals surface area contributed by atoms with Crippen molar-refractivity contribution >= 4 is 33.3 Å². The fourth-order valence-corrected chi connectivity index (χ4v) is 3.41. The van der Waals surface area contributed by atoms with Gasteiger partial charge in [-0.2, -0.15) is 16.8 Å². The number of hydrogen-bond donors (Lipinski definition) is 0. The Morgan fingerprint density at radius 2 is 1.54 bits per heavy atom. The minimum atomic E-state index is -5.37. The van der Waals surface area contributed by atoms with Crippen LogP contribution in [0.1, 0.15) is 38.8 Å². The molecule has 1 aliphatic heterocycles. The lowest BCUT2D eigenvalue weighted by Crippen LogP contribution is -2.41. The Bertz CT molecular complexity index is 911. The van der Waals surface area contributed by atoms with E-state index in [1.54, 1.807) is 27.7 Å². The molecule has 12 heteroatoms. The minimum Gasteiger partial charge on any atom is -0.399 e. The summed E-state index contributed by atoms with van der Waals surface area (Å²) in [6.45, 7) is 8.54. The molecule has 0 amide bonds. The summed E-state index contributed by atoms with van der Waals surface area (Å²) in [5.74, 6) is -1.51. The van der Waals surface area contributed by atoms with Crippen molar-refractivity contribution in [3.63, 3.8) is 0 Å². The van der Waals surface area contributed by atoms with E-state index in [9.17, 15) is 24.6 Å². The monoisotopic (exact) mass is 412 g/mol. The molecule has 1 fully saturated rings. The largest absolute Gasteiger partial charge is 0.495 e. The second-order valence-electron chi connectivity index (χ2n) is 7.06. The van der Waals surface area contributed by atoms with Gasteiger partial charge in [-0.3, -0.25) is 0 Å². The molecule has 0 N–H and O–H groups in total. The van der Waals surface area contributed by atoms with E-state index in [0.29, 0.717) is 0 Å². The van der Waals surface area contributed by atoms with Crippen LogP contribution in [0.15, 0.2) is 12.1 Å². The van der Waals surface area contributed by atoms with Crippen molar-refractivity contribution in [3.05, 3.63) is 23.3 Å². The van der Waals surface area contributed by atoms with E-state index in [1.165, 1.54) is 13.0 Å². The van der Waals surface area contributed by atoms with Gasteiger partial charge in [-0.05, 0) is 57.3 Å². The summed E-state index contributed by atoms with van der Waals surface area (Å²) in [6.07, 6.45) is 0. The SMILES string of the molecule is Cc1c(OS(=O)(=O)F)cc(CS(=O)(=O)F)cc1B1OC(C)(C)C(C)(C)O1. The average Bonchev–Trinajstić information content (AvgIpc) is 2.58. The molecule has 0 aromatic heterocycles. The van der Waals surface area contributed by atoms with E-state index >= 15 is 0 Å². The summed E-state index contributed by atoms with van der Waals surface area (Å²) < 4.78 is 85.6. The molecule has 1 saturated heterocycles. The molecule has 1 heterocycles. The molecule has 2 rings (SSSR count). The summed E-state index contributed by atoms with van der Waals surface area (Å²) >= 11 is 0. The van der Waals surface area contributed by atoms with Crippen molar-refractivity contribution in [2.24, 2.45) is 0 Å². The van der Waals surface area contributed by atoms with Gasteiger partial charge in [0.25, 0.3) is 0 Å². The van der Waals surface area contributed by atoms with Crippen molar-refractivity contribution in [1.29, 1.82) is 0 Å². The van der Waals surface area contributed by atoms with Gasteiger partial charge in [-0.15, -0.1) is 3.89 Å². The van der Waals surface area contributed by atoms with Crippen LogP contribution in [0.2, 0.25) is 0 Å². The van der Waals surface area contributed by atoms with Crippen LogP contribution >= 0.6 is 0 Å². The molecule has 0 atom stereocenters. The van der Waals surface area contributed by atoms with Crippen molar-refractivity contribution in [2.45, 2.75) is 51.6 Å². The molecule has 0 spiro atoms. The van der Waals surface area contributed by atoms with E-state index < -0.39 is 50.6 Å². The van der Waals surface area contributed by atoms with Crippen LogP contribution in [-0.4, -0.2) is 35.2 Å². The molecule has 0 saturated carbocycles. The summed E-state index contributed by atoms with van der Waals surface area (Å²) in [6, 6.07) is 2.24. The fourth-order valence-electron chi connectivity index (χ4n) is 2.46. The van der Waals surface area contributed by atoms with Crippen LogP contribution in [0.3, 0.4) is 0 Å². The first-order valence-electron chi connectivity index (χ1n) is 7.56. The maximum absolute atomic E-state index is 13.1. The lowest BCUT2D eigenvalue weighted by Gasteiger charge is -2.32. The van der Waals surface area contributed by atoms with Crippen molar-refractivity contribution < 1.29 is 38.1 Å². The Morgan fingerprint density at radius 3 is 1.96 bits per heavy atom. The first-order valence-corrected chi connectivity index (χ1v) is 10.4. The highest BCUT2D eigenvalue weighted by molar-refractivity contribution is 7.85. The summed E-state index contributed by atoms with van der Waals surface area (Å²) in [4.78, 5) is 0. The number of rotatable bonds is 5. The topological polar surface area (TPSA) is 96.0 Å². The number of benzene rings is 1. The van der Waals surface area contributed by atoms with Crippen LogP contribution in [0.25, 0.3) is 0 Å². The predicted octanol–water partition coefficient (Wildman–Crippen LogP) is 1.69. The van der Waals surface area contributed by atoms with E-state index in [-0.39, 0.29) is 16.6 Å². The summed E-state index contributed by atoms with van der Waals surface area (Å²) in [7, 11) is -11.3. The van der Waals surface area contributed by atoms with Gasteiger partial charge in [0.05, 0.1) is 11.2 Å². The maximum atomic E-state index is 13.1. The standard InChI is InChI=1S/C14H19BF2O7S2/c1-9-11(15-23-13(2,3)14(4,5)24-15)6-10(8-25(16,18)19)7-12(9)22-26(17,20)21/h6-7H,8H2,1-5H3. The van der Waals surface area contributed by atoms with Gasteiger partial charge in [-0.25, -0.2) is 0 Å². The molecule has 0 aliphatic carbocycles. The highest BCUT2D eigenvalue weighted by Gasteiger charge is 2.52. The molecule has 1 aliphatic rings. The van der Waals surface area contributed by atoms with Gasteiger partial charge in [0.1, 0.15) is 11.5 Å². The zero-order chi connectivity index (χ0) is 20.1. The van der Waals surface area contributed by atoms with Crippen molar-refractivity contribution in [3.8, 4) is 5.75 Å². The van der Waals surface area contributed by atoms with E-state index in [0.717, 1.165) is 6.07 Å². The Kier molecular flexibility index (Phi) is 5.21.